The summed E-state index contributed by atoms with van der Waals surface area (Å²) in [4.78, 5) is 0. The highest BCUT2D eigenvalue weighted by atomic mass is 16.3. The predicted octanol–water partition coefficient (Wildman–Crippen LogP) is 1.15. The fourth-order valence-electron chi connectivity index (χ4n) is 1.41. The standard InChI is InChI=1S/C11H21N3O/c1-4-14-10(5-7-13-14)9-12-8-6-11(2,3)15/h5,7,12,15H,4,6,8-9H2,1-3H3. The molecule has 0 aliphatic carbocycles. The maximum Gasteiger partial charge on any atom is 0.0603 e. The number of aryl methyl sites for hydroxylation is 1. The van der Waals surface area contributed by atoms with Crippen molar-refractivity contribution < 1.29 is 5.11 Å². The molecule has 0 bridgehead atoms. The van der Waals surface area contributed by atoms with Crippen LogP contribution >= 0.6 is 0 Å². The van der Waals surface area contributed by atoms with Crippen molar-refractivity contribution >= 4 is 0 Å². The summed E-state index contributed by atoms with van der Waals surface area (Å²) in [5.41, 5.74) is 0.603. The fourth-order valence-corrected chi connectivity index (χ4v) is 1.41. The number of aromatic nitrogens is 2. The molecule has 4 nitrogen and oxygen atoms in total. The van der Waals surface area contributed by atoms with E-state index in [9.17, 15) is 5.11 Å². The molecule has 0 amide bonds. The van der Waals surface area contributed by atoms with Crippen LogP contribution in [0.1, 0.15) is 32.9 Å². The summed E-state index contributed by atoms with van der Waals surface area (Å²) < 4.78 is 1.97. The molecule has 0 saturated carbocycles. The van der Waals surface area contributed by atoms with E-state index in [1.165, 1.54) is 5.69 Å². The van der Waals surface area contributed by atoms with Gasteiger partial charge in [0.15, 0.2) is 0 Å². The van der Waals surface area contributed by atoms with Crippen molar-refractivity contribution in [3.05, 3.63) is 18.0 Å². The Morgan fingerprint density at radius 1 is 1.53 bits per heavy atom. The lowest BCUT2D eigenvalue weighted by Crippen LogP contribution is -2.27. The molecule has 0 spiro atoms. The summed E-state index contributed by atoms with van der Waals surface area (Å²) in [5, 5.41) is 17.0. The van der Waals surface area contributed by atoms with Gasteiger partial charge in [-0.1, -0.05) is 0 Å². The molecule has 1 heterocycles. The lowest BCUT2D eigenvalue weighted by molar-refractivity contribution is 0.0711. The van der Waals surface area contributed by atoms with Crippen molar-refractivity contribution in [1.29, 1.82) is 0 Å². The van der Waals surface area contributed by atoms with E-state index in [1.807, 2.05) is 30.8 Å². The van der Waals surface area contributed by atoms with Crippen molar-refractivity contribution in [3.8, 4) is 0 Å². The van der Waals surface area contributed by atoms with E-state index >= 15 is 0 Å². The second-order valence-electron chi connectivity index (χ2n) is 4.38. The number of nitrogens with zero attached hydrogens (tertiary/aromatic N) is 2. The second-order valence-corrected chi connectivity index (χ2v) is 4.38. The monoisotopic (exact) mass is 211 g/mol. The minimum absolute atomic E-state index is 0.585. The van der Waals surface area contributed by atoms with Gasteiger partial charge >= 0.3 is 0 Å². The molecule has 2 N–H and O–H groups in total. The number of rotatable bonds is 6. The molecule has 0 radical (unpaired) electrons. The van der Waals surface area contributed by atoms with Gasteiger partial charge in [0, 0.05) is 19.3 Å². The van der Waals surface area contributed by atoms with Crippen molar-refractivity contribution in [2.75, 3.05) is 6.54 Å². The minimum atomic E-state index is -0.585. The van der Waals surface area contributed by atoms with E-state index in [2.05, 4.69) is 17.3 Å². The Balaban J connectivity index is 2.26. The molecule has 4 heteroatoms. The van der Waals surface area contributed by atoms with Gasteiger partial charge in [-0.2, -0.15) is 5.10 Å². The molecule has 0 saturated heterocycles. The van der Waals surface area contributed by atoms with Gasteiger partial charge in [0.05, 0.1) is 11.3 Å². The zero-order chi connectivity index (χ0) is 11.3. The Kier molecular flexibility index (Phi) is 4.29. The third-order valence-corrected chi connectivity index (χ3v) is 2.32. The molecule has 0 fully saturated rings. The van der Waals surface area contributed by atoms with Gasteiger partial charge in [-0.15, -0.1) is 0 Å². The first-order valence-electron chi connectivity index (χ1n) is 5.46. The van der Waals surface area contributed by atoms with Gasteiger partial charge in [0.2, 0.25) is 0 Å². The largest absolute Gasteiger partial charge is 0.390 e. The van der Waals surface area contributed by atoms with Gasteiger partial charge in [0.25, 0.3) is 0 Å². The molecule has 0 atom stereocenters. The summed E-state index contributed by atoms with van der Waals surface area (Å²) in [6.07, 6.45) is 2.57. The Labute approximate surface area is 91.3 Å². The van der Waals surface area contributed by atoms with Gasteiger partial charge < -0.3 is 10.4 Å². The number of nitrogens with one attached hydrogen (secondary N) is 1. The smallest absolute Gasteiger partial charge is 0.0603 e. The van der Waals surface area contributed by atoms with Gasteiger partial charge in [-0.05, 0) is 39.8 Å². The Hall–Kier alpha value is -0.870. The van der Waals surface area contributed by atoms with Crippen LogP contribution < -0.4 is 5.32 Å². The van der Waals surface area contributed by atoms with E-state index in [4.69, 9.17) is 0 Å². The van der Waals surface area contributed by atoms with E-state index in [0.717, 1.165) is 26.1 Å². The Bertz CT molecular complexity index is 288. The Morgan fingerprint density at radius 3 is 2.87 bits per heavy atom. The van der Waals surface area contributed by atoms with Crippen LogP contribution in [0, 0.1) is 0 Å². The number of hydrogen-bond acceptors (Lipinski definition) is 3. The van der Waals surface area contributed by atoms with E-state index < -0.39 is 5.60 Å². The molecule has 0 unspecified atom stereocenters. The van der Waals surface area contributed by atoms with Crippen molar-refractivity contribution in [1.82, 2.24) is 15.1 Å². The molecule has 1 rings (SSSR count). The molecule has 86 valence electrons. The van der Waals surface area contributed by atoms with Crippen LogP contribution in [-0.2, 0) is 13.1 Å². The second kappa shape index (κ2) is 5.28. The van der Waals surface area contributed by atoms with Crippen molar-refractivity contribution in [2.45, 2.75) is 45.9 Å². The summed E-state index contributed by atoms with van der Waals surface area (Å²) in [5.74, 6) is 0. The van der Waals surface area contributed by atoms with E-state index in [1.54, 1.807) is 0 Å². The molecule has 0 aromatic carbocycles. The average Bonchev–Trinajstić information content (AvgIpc) is 2.58. The molecule has 0 aliphatic heterocycles. The third kappa shape index (κ3) is 4.44. The van der Waals surface area contributed by atoms with E-state index in [-0.39, 0.29) is 0 Å². The van der Waals surface area contributed by atoms with Crippen molar-refractivity contribution in [2.24, 2.45) is 0 Å². The van der Waals surface area contributed by atoms with Crippen molar-refractivity contribution in [3.63, 3.8) is 0 Å². The molecular formula is C11H21N3O. The summed E-state index contributed by atoms with van der Waals surface area (Å²) in [6, 6.07) is 2.01. The van der Waals surface area contributed by atoms with Crippen LogP contribution in [0.4, 0.5) is 0 Å². The minimum Gasteiger partial charge on any atom is -0.390 e. The Morgan fingerprint density at radius 2 is 2.27 bits per heavy atom. The normalized spacial score (nSPS) is 12.0. The fraction of sp³-hybridized carbons (Fsp3) is 0.727. The maximum atomic E-state index is 9.52. The quantitative estimate of drug-likeness (QED) is 0.694. The van der Waals surface area contributed by atoms with Crippen LogP contribution in [0.5, 0.6) is 0 Å². The highest BCUT2D eigenvalue weighted by Crippen LogP contribution is 2.05. The highest BCUT2D eigenvalue weighted by Gasteiger charge is 2.11. The summed E-state index contributed by atoms with van der Waals surface area (Å²) >= 11 is 0. The SMILES string of the molecule is CCn1nccc1CNCCC(C)(C)O. The maximum absolute atomic E-state index is 9.52. The summed E-state index contributed by atoms with van der Waals surface area (Å²) in [6.45, 7) is 8.25. The number of aliphatic hydroxyl groups is 1. The first kappa shape index (κ1) is 12.2. The van der Waals surface area contributed by atoms with Crippen LogP contribution in [-0.4, -0.2) is 27.0 Å². The predicted molar refractivity (Wildman–Crippen MR) is 60.5 cm³/mol. The zero-order valence-electron chi connectivity index (χ0n) is 9.82. The van der Waals surface area contributed by atoms with Crippen LogP contribution in [0.2, 0.25) is 0 Å². The molecular weight excluding hydrogens is 190 g/mol. The molecule has 1 aromatic heterocycles. The highest BCUT2D eigenvalue weighted by molar-refractivity contribution is 4.99. The van der Waals surface area contributed by atoms with Gasteiger partial charge in [-0.3, -0.25) is 4.68 Å². The molecule has 0 aliphatic rings. The molecule has 15 heavy (non-hydrogen) atoms. The zero-order valence-corrected chi connectivity index (χ0v) is 9.82. The van der Waals surface area contributed by atoms with Crippen LogP contribution in [0.15, 0.2) is 12.3 Å². The van der Waals surface area contributed by atoms with E-state index in [0.29, 0.717) is 0 Å². The van der Waals surface area contributed by atoms with Gasteiger partial charge in [0.1, 0.15) is 0 Å². The lowest BCUT2D eigenvalue weighted by Gasteiger charge is -2.17. The topological polar surface area (TPSA) is 50.1 Å². The average molecular weight is 211 g/mol. The van der Waals surface area contributed by atoms with Crippen LogP contribution in [0.3, 0.4) is 0 Å². The summed E-state index contributed by atoms with van der Waals surface area (Å²) in [7, 11) is 0. The van der Waals surface area contributed by atoms with Crippen LogP contribution in [0.25, 0.3) is 0 Å². The molecule has 1 aromatic rings. The first-order valence-corrected chi connectivity index (χ1v) is 5.46. The first-order chi connectivity index (χ1) is 7.03. The number of hydrogen-bond donors (Lipinski definition) is 2. The van der Waals surface area contributed by atoms with Gasteiger partial charge in [-0.25, -0.2) is 0 Å². The third-order valence-electron chi connectivity index (χ3n) is 2.32. The lowest BCUT2D eigenvalue weighted by atomic mass is 10.1.